The van der Waals surface area contributed by atoms with Crippen molar-refractivity contribution in [1.82, 2.24) is 0 Å². The van der Waals surface area contributed by atoms with E-state index in [1.165, 1.54) is 161 Å². The molecule has 0 aromatic heterocycles. The molecule has 0 saturated carbocycles. The monoisotopic (exact) mass is 1270 g/mol. The van der Waals surface area contributed by atoms with Crippen LogP contribution in [0.3, 0.4) is 0 Å². The minimum Gasteiger partial charge on any atom is -0.462 e. The third kappa shape index (κ3) is 60.9. The molecule has 0 aliphatic carbocycles. The van der Waals surface area contributed by atoms with Gasteiger partial charge in [-0.25, -0.2) is 9.13 Å². The summed E-state index contributed by atoms with van der Waals surface area (Å²) in [4.78, 5) is 72.1. The van der Waals surface area contributed by atoms with Gasteiger partial charge in [-0.3, -0.25) is 37.3 Å². The van der Waals surface area contributed by atoms with E-state index < -0.39 is 97.5 Å². The third-order valence-electron chi connectivity index (χ3n) is 15.5. The molecule has 2 unspecified atom stereocenters. The Hall–Kier alpha value is -1.94. The van der Waals surface area contributed by atoms with Gasteiger partial charge in [0, 0.05) is 25.7 Å². The predicted octanol–water partition coefficient (Wildman–Crippen LogP) is 19.0. The van der Waals surface area contributed by atoms with Gasteiger partial charge in [0.25, 0.3) is 0 Å². The number of unbranched alkanes of at least 4 members (excludes halogenated alkanes) is 39. The minimum atomic E-state index is -4.95. The van der Waals surface area contributed by atoms with Gasteiger partial charge in [-0.1, -0.05) is 291 Å². The molecule has 86 heavy (non-hydrogen) atoms. The lowest BCUT2D eigenvalue weighted by Gasteiger charge is -2.21. The fraction of sp³-hybridized carbons (Fsp3) is 0.940. The molecule has 0 bridgehead atoms. The van der Waals surface area contributed by atoms with Crippen molar-refractivity contribution in [2.75, 3.05) is 39.6 Å². The summed E-state index contributed by atoms with van der Waals surface area (Å²) in [6.07, 6.45) is 46.2. The molecule has 0 radical (unpaired) electrons. The Kier molecular flexibility index (Phi) is 59.2. The molecule has 0 aliphatic rings. The summed E-state index contributed by atoms with van der Waals surface area (Å²) >= 11 is 0. The Bertz CT molecular complexity index is 1670. The van der Waals surface area contributed by atoms with Crippen LogP contribution in [0, 0.1) is 5.92 Å². The zero-order valence-electron chi connectivity index (χ0n) is 55.4. The van der Waals surface area contributed by atoms with E-state index in [9.17, 15) is 43.2 Å². The van der Waals surface area contributed by atoms with Crippen LogP contribution in [0.1, 0.15) is 343 Å². The topological polar surface area (TPSA) is 237 Å². The molecule has 5 atom stereocenters. The van der Waals surface area contributed by atoms with Crippen LogP contribution in [0.15, 0.2) is 0 Å². The molecule has 17 nitrogen and oxygen atoms in total. The Morgan fingerprint density at radius 1 is 0.314 bits per heavy atom. The number of carbonyl (C=O) groups excluding carboxylic acids is 4. The molecule has 0 spiro atoms. The number of phosphoric acid groups is 2. The number of phosphoric ester groups is 2. The van der Waals surface area contributed by atoms with Crippen LogP contribution in [0.4, 0.5) is 0 Å². The minimum absolute atomic E-state index is 0.105. The van der Waals surface area contributed by atoms with E-state index in [4.69, 9.17) is 37.0 Å². The van der Waals surface area contributed by atoms with Crippen molar-refractivity contribution in [3.8, 4) is 0 Å². The highest BCUT2D eigenvalue weighted by Crippen LogP contribution is 2.45. The van der Waals surface area contributed by atoms with Crippen molar-refractivity contribution in [3.63, 3.8) is 0 Å². The molecule has 0 rings (SSSR count). The van der Waals surface area contributed by atoms with Gasteiger partial charge in [-0.15, -0.1) is 0 Å². The lowest BCUT2D eigenvalue weighted by atomic mass is 10.0. The molecule has 3 N–H and O–H groups in total. The second-order valence-corrected chi connectivity index (χ2v) is 27.6. The zero-order chi connectivity index (χ0) is 63.5. The molecule has 0 aliphatic heterocycles. The van der Waals surface area contributed by atoms with Crippen LogP contribution in [-0.4, -0.2) is 96.7 Å². The van der Waals surface area contributed by atoms with E-state index in [-0.39, 0.29) is 25.7 Å². The largest absolute Gasteiger partial charge is 0.472 e. The highest BCUT2D eigenvalue weighted by atomic mass is 31.2. The van der Waals surface area contributed by atoms with Crippen molar-refractivity contribution >= 4 is 39.5 Å². The lowest BCUT2D eigenvalue weighted by molar-refractivity contribution is -0.161. The van der Waals surface area contributed by atoms with Crippen LogP contribution >= 0.6 is 15.6 Å². The summed E-state index contributed by atoms with van der Waals surface area (Å²) in [6.45, 7) is 7.14. The number of ether oxygens (including phenoxy) is 4. The van der Waals surface area contributed by atoms with Gasteiger partial charge in [0.15, 0.2) is 12.2 Å². The molecule has 0 heterocycles. The van der Waals surface area contributed by atoms with Crippen LogP contribution in [0.5, 0.6) is 0 Å². The summed E-state index contributed by atoms with van der Waals surface area (Å²) in [5, 5.41) is 10.5. The summed E-state index contributed by atoms with van der Waals surface area (Å²) in [6, 6.07) is 0. The first kappa shape index (κ1) is 84.1. The van der Waals surface area contributed by atoms with Gasteiger partial charge in [0.05, 0.1) is 26.4 Å². The molecule has 510 valence electrons. The van der Waals surface area contributed by atoms with Gasteiger partial charge in [-0.05, 0) is 31.6 Å². The van der Waals surface area contributed by atoms with E-state index in [2.05, 4.69) is 34.6 Å². The van der Waals surface area contributed by atoms with Crippen molar-refractivity contribution in [3.05, 3.63) is 0 Å². The maximum Gasteiger partial charge on any atom is 0.472 e. The maximum atomic E-state index is 13.0. The molecular formula is C67H130O17P2. The van der Waals surface area contributed by atoms with Gasteiger partial charge in [0.1, 0.15) is 19.3 Å². The summed E-state index contributed by atoms with van der Waals surface area (Å²) in [5.74, 6) is -1.35. The number of aliphatic hydroxyl groups is 1. The first-order valence-corrected chi connectivity index (χ1v) is 38.1. The first-order chi connectivity index (χ1) is 41.5. The normalized spacial score (nSPS) is 14.2. The predicted molar refractivity (Wildman–Crippen MR) is 345 cm³/mol. The zero-order valence-corrected chi connectivity index (χ0v) is 57.2. The van der Waals surface area contributed by atoms with Crippen molar-refractivity contribution in [1.29, 1.82) is 0 Å². The fourth-order valence-corrected chi connectivity index (χ4v) is 11.7. The van der Waals surface area contributed by atoms with Gasteiger partial charge in [-0.2, -0.15) is 0 Å². The molecule has 0 aromatic carbocycles. The van der Waals surface area contributed by atoms with Crippen LogP contribution < -0.4 is 0 Å². The number of hydrogen-bond donors (Lipinski definition) is 3. The van der Waals surface area contributed by atoms with E-state index in [1.807, 2.05) is 0 Å². The Morgan fingerprint density at radius 2 is 0.535 bits per heavy atom. The molecule has 0 saturated heterocycles. The van der Waals surface area contributed by atoms with E-state index in [0.29, 0.717) is 25.7 Å². The maximum absolute atomic E-state index is 13.0. The third-order valence-corrected chi connectivity index (χ3v) is 17.4. The number of hydrogen-bond acceptors (Lipinski definition) is 15. The van der Waals surface area contributed by atoms with Gasteiger partial charge >= 0.3 is 39.5 Å². The van der Waals surface area contributed by atoms with Crippen LogP contribution in [-0.2, 0) is 65.4 Å². The van der Waals surface area contributed by atoms with E-state index in [0.717, 1.165) is 102 Å². The number of rotatable bonds is 67. The highest BCUT2D eigenvalue weighted by Gasteiger charge is 2.30. The summed E-state index contributed by atoms with van der Waals surface area (Å²) in [5.41, 5.74) is 0. The quantitative estimate of drug-likeness (QED) is 0.0222. The fourth-order valence-electron chi connectivity index (χ4n) is 10.1. The smallest absolute Gasteiger partial charge is 0.462 e. The SMILES string of the molecule is CCCCCCCCCCCCCCCCCCC(=O)OC[C@H](COP(=O)(O)OC[C@@H](O)COP(=O)(O)OC[C@@H](COC(=O)CCCCCCC)OC(=O)CCCCCCCCCCC)OC(=O)CCCCCCCCCCCCCCCC(C)C. The number of carbonyl (C=O) groups is 4. The molecule has 0 fully saturated rings. The average Bonchev–Trinajstić information content (AvgIpc) is 3.51. The second-order valence-electron chi connectivity index (χ2n) is 24.7. The second kappa shape index (κ2) is 60.6. The van der Waals surface area contributed by atoms with Crippen LogP contribution in [0.2, 0.25) is 0 Å². The Labute approximate surface area is 524 Å². The number of esters is 4. The molecule has 0 amide bonds. The summed E-state index contributed by atoms with van der Waals surface area (Å²) < 4.78 is 67.9. The van der Waals surface area contributed by atoms with Gasteiger partial charge < -0.3 is 33.8 Å². The van der Waals surface area contributed by atoms with E-state index >= 15 is 0 Å². The Morgan fingerprint density at radius 3 is 0.791 bits per heavy atom. The van der Waals surface area contributed by atoms with Crippen molar-refractivity contribution in [2.45, 2.75) is 361 Å². The molecular weight excluding hydrogens is 1140 g/mol. The first-order valence-electron chi connectivity index (χ1n) is 35.1. The highest BCUT2D eigenvalue weighted by molar-refractivity contribution is 7.47. The Balaban J connectivity index is 5.15. The van der Waals surface area contributed by atoms with E-state index in [1.54, 1.807) is 0 Å². The van der Waals surface area contributed by atoms with Crippen molar-refractivity contribution < 1.29 is 80.2 Å². The molecule has 0 aromatic rings. The summed E-state index contributed by atoms with van der Waals surface area (Å²) in [7, 11) is -9.88. The molecule has 19 heteroatoms. The lowest BCUT2D eigenvalue weighted by Crippen LogP contribution is -2.30. The standard InChI is InChI=1S/C67H130O17P2/c1-6-9-12-15-17-19-20-21-22-23-26-29-33-36-41-46-51-65(70)78-57-63(84-67(72)53-48-43-38-34-30-27-24-25-28-32-35-40-44-49-60(4)5)59-82-86(75,76)80-55-61(68)54-79-85(73,74)81-58-62(56-77-64(69)50-45-39-14-11-8-3)83-66(71)52-47-42-37-31-18-16-13-10-7-2/h60-63,68H,6-59H2,1-5H3,(H,73,74)(H,75,76)/t61-,62+,63+/m0/s1. The average molecular weight is 1270 g/mol. The number of aliphatic hydroxyl groups excluding tert-OH is 1. The van der Waals surface area contributed by atoms with Crippen LogP contribution in [0.25, 0.3) is 0 Å². The van der Waals surface area contributed by atoms with Crippen molar-refractivity contribution in [2.24, 2.45) is 5.92 Å². The van der Waals surface area contributed by atoms with Gasteiger partial charge in [0.2, 0.25) is 0 Å².